The minimum atomic E-state index is -0.488. The molecule has 1 amide bonds. The molecule has 0 radical (unpaired) electrons. The molecule has 0 unspecified atom stereocenters. The molecule has 0 atom stereocenters. The van der Waals surface area contributed by atoms with Gasteiger partial charge in [-0.05, 0) is 68.5 Å². The summed E-state index contributed by atoms with van der Waals surface area (Å²) in [6.45, 7) is 1.43. The van der Waals surface area contributed by atoms with E-state index in [1.54, 1.807) is 31.2 Å². The van der Waals surface area contributed by atoms with Gasteiger partial charge in [-0.3, -0.25) is 14.9 Å². The minimum Gasteiger partial charge on any atom is -0.483 e. The molecule has 1 saturated carbocycles. The number of anilines is 1. The number of nitro benzene ring substituents is 1. The van der Waals surface area contributed by atoms with E-state index in [2.05, 4.69) is 5.32 Å². The number of carbonyl (C=O) groups is 2. The Morgan fingerprint density at radius 1 is 1.10 bits per heavy atom. The summed E-state index contributed by atoms with van der Waals surface area (Å²) >= 11 is 0. The molecule has 0 bridgehead atoms. The van der Waals surface area contributed by atoms with Gasteiger partial charge in [-0.25, -0.2) is 4.79 Å². The molecule has 158 valence electrons. The predicted molar refractivity (Wildman–Crippen MR) is 111 cm³/mol. The fraction of sp³-hybridized carbons (Fsp3) is 0.364. The smallest absolute Gasteiger partial charge is 0.338 e. The second-order valence-corrected chi connectivity index (χ2v) is 7.29. The molecule has 1 aliphatic rings. The van der Waals surface area contributed by atoms with Crippen molar-refractivity contribution in [3.05, 3.63) is 63.7 Å². The molecule has 1 aliphatic carbocycles. The van der Waals surface area contributed by atoms with Crippen LogP contribution in [0.15, 0.2) is 42.5 Å². The highest BCUT2D eigenvalue weighted by Gasteiger charge is 2.18. The van der Waals surface area contributed by atoms with Crippen molar-refractivity contribution in [1.29, 1.82) is 0 Å². The van der Waals surface area contributed by atoms with Gasteiger partial charge in [0.25, 0.3) is 11.6 Å². The Hall–Kier alpha value is -3.42. The van der Waals surface area contributed by atoms with Crippen LogP contribution in [-0.4, -0.2) is 29.5 Å². The summed E-state index contributed by atoms with van der Waals surface area (Å²) in [7, 11) is 0. The molecule has 0 aromatic heterocycles. The number of rotatable bonds is 7. The van der Waals surface area contributed by atoms with E-state index in [1.165, 1.54) is 24.6 Å². The minimum absolute atomic E-state index is 0.00865. The zero-order chi connectivity index (χ0) is 21.5. The Kier molecular flexibility index (Phi) is 7.00. The Bertz CT molecular complexity index is 920. The number of nitrogens with one attached hydrogen (secondary N) is 1. The number of nitro groups is 1. The molecule has 0 aliphatic heterocycles. The highest BCUT2D eigenvalue weighted by atomic mass is 16.6. The van der Waals surface area contributed by atoms with E-state index >= 15 is 0 Å². The van der Waals surface area contributed by atoms with Crippen LogP contribution in [0.4, 0.5) is 11.4 Å². The van der Waals surface area contributed by atoms with Gasteiger partial charge in [0.2, 0.25) is 0 Å². The first-order valence-electron chi connectivity index (χ1n) is 9.91. The topological polar surface area (TPSA) is 108 Å². The second kappa shape index (κ2) is 9.87. The molecule has 1 N–H and O–H groups in total. The zero-order valence-corrected chi connectivity index (χ0v) is 16.8. The lowest BCUT2D eigenvalue weighted by atomic mass is 9.98. The second-order valence-electron chi connectivity index (χ2n) is 7.29. The summed E-state index contributed by atoms with van der Waals surface area (Å²) in [4.78, 5) is 34.6. The van der Waals surface area contributed by atoms with Gasteiger partial charge in [0.1, 0.15) is 11.9 Å². The first-order valence-corrected chi connectivity index (χ1v) is 9.91. The summed E-state index contributed by atoms with van der Waals surface area (Å²) in [6.07, 6.45) is 5.18. The van der Waals surface area contributed by atoms with Crippen LogP contribution in [0.1, 0.15) is 48.0 Å². The van der Waals surface area contributed by atoms with Gasteiger partial charge in [-0.15, -0.1) is 0 Å². The Labute approximate surface area is 174 Å². The molecule has 1 fully saturated rings. The Morgan fingerprint density at radius 2 is 1.80 bits per heavy atom. The molecular weight excluding hydrogens is 388 g/mol. The Balaban J connectivity index is 1.49. The Morgan fingerprint density at radius 3 is 2.43 bits per heavy atom. The van der Waals surface area contributed by atoms with Crippen LogP contribution >= 0.6 is 0 Å². The predicted octanol–water partition coefficient (Wildman–Crippen LogP) is 4.41. The fourth-order valence-electron chi connectivity index (χ4n) is 3.34. The highest BCUT2D eigenvalue weighted by Crippen LogP contribution is 2.24. The van der Waals surface area contributed by atoms with E-state index in [4.69, 9.17) is 9.47 Å². The van der Waals surface area contributed by atoms with Crippen LogP contribution in [0, 0.1) is 17.0 Å². The number of amides is 1. The number of nitrogens with zero attached hydrogens (tertiary/aromatic N) is 1. The maximum Gasteiger partial charge on any atom is 0.338 e. The van der Waals surface area contributed by atoms with Gasteiger partial charge >= 0.3 is 5.97 Å². The summed E-state index contributed by atoms with van der Waals surface area (Å²) in [6, 6.07) is 10.7. The highest BCUT2D eigenvalue weighted by molar-refractivity contribution is 5.93. The number of hydrogen-bond donors (Lipinski definition) is 1. The lowest BCUT2D eigenvalue weighted by Gasteiger charge is -2.21. The fourth-order valence-corrected chi connectivity index (χ4v) is 3.34. The van der Waals surface area contributed by atoms with E-state index in [-0.39, 0.29) is 30.3 Å². The lowest BCUT2D eigenvalue weighted by Crippen LogP contribution is -2.21. The van der Waals surface area contributed by atoms with Crippen molar-refractivity contribution in [2.75, 3.05) is 11.9 Å². The van der Waals surface area contributed by atoms with Crippen molar-refractivity contribution < 1.29 is 24.0 Å². The molecular formula is C22H24N2O6. The number of benzene rings is 2. The SMILES string of the molecule is Cc1cc([N+](=O)[O-])ccc1OCC(=O)Nc1ccc(C(=O)OC2CCCCC2)cc1. The molecule has 2 aromatic rings. The van der Waals surface area contributed by atoms with Crippen LogP contribution in [0.2, 0.25) is 0 Å². The average molecular weight is 412 g/mol. The first kappa shape index (κ1) is 21.3. The van der Waals surface area contributed by atoms with Crippen LogP contribution in [0.3, 0.4) is 0 Å². The average Bonchev–Trinajstić information content (AvgIpc) is 2.74. The van der Waals surface area contributed by atoms with Crippen LogP contribution in [-0.2, 0) is 9.53 Å². The third kappa shape index (κ3) is 5.79. The maximum absolute atomic E-state index is 12.2. The van der Waals surface area contributed by atoms with Crippen LogP contribution < -0.4 is 10.1 Å². The molecule has 30 heavy (non-hydrogen) atoms. The van der Waals surface area contributed by atoms with Crippen molar-refractivity contribution in [3.63, 3.8) is 0 Å². The van der Waals surface area contributed by atoms with Gasteiger partial charge < -0.3 is 14.8 Å². The van der Waals surface area contributed by atoms with E-state index in [0.717, 1.165) is 25.7 Å². The van der Waals surface area contributed by atoms with Gasteiger partial charge in [0.15, 0.2) is 6.61 Å². The van der Waals surface area contributed by atoms with Crippen LogP contribution in [0.25, 0.3) is 0 Å². The van der Waals surface area contributed by atoms with Crippen molar-refractivity contribution in [3.8, 4) is 5.75 Å². The number of carbonyl (C=O) groups excluding carboxylic acids is 2. The van der Waals surface area contributed by atoms with Gasteiger partial charge in [-0.1, -0.05) is 6.42 Å². The standard InChI is InChI=1S/C22H24N2O6/c1-15-13-18(24(27)28)11-12-20(15)29-14-21(25)23-17-9-7-16(8-10-17)22(26)30-19-5-3-2-4-6-19/h7-13,19H,2-6,14H2,1H3,(H,23,25). The molecule has 2 aromatic carbocycles. The summed E-state index contributed by atoms with van der Waals surface area (Å²) in [5.74, 6) is -0.335. The molecule has 8 heteroatoms. The summed E-state index contributed by atoms with van der Waals surface area (Å²) in [5, 5.41) is 13.5. The largest absolute Gasteiger partial charge is 0.483 e. The normalized spacial score (nSPS) is 14.0. The molecule has 3 rings (SSSR count). The van der Waals surface area contributed by atoms with Crippen LogP contribution in [0.5, 0.6) is 5.75 Å². The van der Waals surface area contributed by atoms with E-state index in [1.807, 2.05) is 0 Å². The number of esters is 1. The van der Waals surface area contributed by atoms with Gasteiger partial charge in [0, 0.05) is 17.8 Å². The molecule has 0 heterocycles. The quantitative estimate of drug-likeness (QED) is 0.410. The van der Waals surface area contributed by atoms with E-state index in [0.29, 0.717) is 22.6 Å². The summed E-state index contributed by atoms with van der Waals surface area (Å²) < 4.78 is 11.0. The number of aryl methyl sites for hydroxylation is 1. The first-order chi connectivity index (χ1) is 14.4. The van der Waals surface area contributed by atoms with Gasteiger partial charge in [-0.2, -0.15) is 0 Å². The number of hydrogen-bond acceptors (Lipinski definition) is 6. The molecule has 0 spiro atoms. The number of ether oxygens (including phenoxy) is 2. The molecule has 0 saturated heterocycles. The third-order valence-corrected chi connectivity index (χ3v) is 4.96. The third-order valence-electron chi connectivity index (χ3n) is 4.96. The summed E-state index contributed by atoms with van der Waals surface area (Å²) in [5.41, 5.74) is 1.50. The number of non-ortho nitro benzene ring substituents is 1. The van der Waals surface area contributed by atoms with Gasteiger partial charge in [0.05, 0.1) is 10.5 Å². The zero-order valence-electron chi connectivity index (χ0n) is 16.8. The van der Waals surface area contributed by atoms with Crippen molar-refractivity contribution >= 4 is 23.3 Å². The van der Waals surface area contributed by atoms with Crippen molar-refractivity contribution in [2.45, 2.75) is 45.1 Å². The van der Waals surface area contributed by atoms with Crippen molar-refractivity contribution in [1.82, 2.24) is 0 Å². The maximum atomic E-state index is 12.2. The lowest BCUT2D eigenvalue weighted by molar-refractivity contribution is -0.384. The van der Waals surface area contributed by atoms with E-state index in [9.17, 15) is 19.7 Å². The van der Waals surface area contributed by atoms with Crippen molar-refractivity contribution in [2.24, 2.45) is 0 Å². The molecule has 8 nitrogen and oxygen atoms in total. The monoisotopic (exact) mass is 412 g/mol. The van der Waals surface area contributed by atoms with E-state index < -0.39 is 4.92 Å².